The Morgan fingerprint density at radius 1 is 1.00 bits per heavy atom. The molecule has 0 unspecified atom stereocenters. The van der Waals surface area contributed by atoms with Crippen LogP contribution in [0.3, 0.4) is 0 Å². The predicted octanol–water partition coefficient (Wildman–Crippen LogP) is 0.594. The third-order valence-corrected chi connectivity index (χ3v) is 2.44. The molecule has 0 aromatic carbocycles. The molecule has 0 amide bonds. The number of rotatable bonds is 4. The second-order valence-electron chi connectivity index (χ2n) is 2.49. The molecular weight excluding hydrogens is 213 g/mol. The van der Waals surface area contributed by atoms with Gasteiger partial charge >= 0.3 is 29.6 Å². The summed E-state index contributed by atoms with van der Waals surface area (Å²) in [6.07, 6.45) is 0. The van der Waals surface area contributed by atoms with Gasteiger partial charge in [-0.2, -0.15) is 8.42 Å². The second-order valence-corrected chi connectivity index (χ2v) is 4.23. The molecule has 0 aliphatic rings. The predicted molar refractivity (Wildman–Crippen MR) is 62.7 cm³/mol. The van der Waals surface area contributed by atoms with E-state index < -0.39 is 10.1 Å². The summed E-state index contributed by atoms with van der Waals surface area (Å²) in [4.78, 5) is 2.38. The van der Waals surface area contributed by atoms with Crippen LogP contribution in [0.4, 0.5) is 0 Å². The molecule has 0 fully saturated rings. The van der Waals surface area contributed by atoms with Gasteiger partial charge in [-0.05, 0) is 26.6 Å². The molecule has 0 rings (SSSR count). The van der Waals surface area contributed by atoms with Gasteiger partial charge in [0.15, 0.2) is 0 Å². The minimum absolute atomic E-state index is 0. The van der Waals surface area contributed by atoms with E-state index in [1.807, 2.05) is 0 Å². The van der Waals surface area contributed by atoms with Crippen molar-refractivity contribution in [3.8, 4) is 0 Å². The van der Waals surface area contributed by atoms with Crippen LogP contribution in [0, 0.1) is 0 Å². The first kappa shape index (κ1) is 20.3. The number of nitrogens with zero attached hydrogens (tertiary/aromatic N) is 1. The summed E-state index contributed by atoms with van der Waals surface area (Å²) in [5.74, 6) is -0.201. The van der Waals surface area contributed by atoms with Crippen molar-refractivity contribution in [2.45, 2.75) is 27.7 Å². The molecule has 0 aliphatic carbocycles. The van der Waals surface area contributed by atoms with E-state index in [4.69, 9.17) is 4.55 Å². The minimum atomic E-state index is -3.66. The molecule has 0 radical (unpaired) electrons. The summed E-state index contributed by atoms with van der Waals surface area (Å²) in [5.41, 5.74) is 0. The fraction of sp³-hybridized carbons (Fsp3) is 1.00. The quantitative estimate of drug-likeness (QED) is 0.572. The van der Waals surface area contributed by atoms with Crippen LogP contribution < -0.4 is 0 Å². The molecule has 1 N–H and O–H groups in total. The Bertz CT molecular complexity index is 185. The molecular formula is C8H22NNaO3S. The monoisotopic (exact) mass is 235 g/mol. The molecule has 6 heteroatoms. The number of hydrogen-bond acceptors (Lipinski definition) is 3. The van der Waals surface area contributed by atoms with E-state index in [9.17, 15) is 8.42 Å². The fourth-order valence-corrected chi connectivity index (χ4v) is 0.671. The maximum atomic E-state index is 9.56. The van der Waals surface area contributed by atoms with Crippen molar-refractivity contribution in [2.24, 2.45) is 0 Å². The van der Waals surface area contributed by atoms with Crippen molar-refractivity contribution in [1.29, 1.82) is 0 Å². The van der Waals surface area contributed by atoms with E-state index >= 15 is 0 Å². The average Bonchev–Trinajstić information content (AvgIpc) is 2.07. The van der Waals surface area contributed by atoms with Crippen LogP contribution in [0.25, 0.3) is 0 Å². The van der Waals surface area contributed by atoms with Crippen LogP contribution >= 0.6 is 0 Å². The van der Waals surface area contributed by atoms with Gasteiger partial charge in [-0.25, -0.2) is 0 Å². The SMILES string of the molecule is CCN(CC)CC.CCS(=O)(=O)O.[NaH]. The Balaban J connectivity index is -0.000000163. The molecule has 0 saturated carbocycles. The Kier molecular flexibility index (Phi) is 17.3. The van der Waals surface area contributed by atoms with E-state index in [1.165, 1.54) is 26.6 Å². The van der Waals surface area contributed by atoms with Crippen LogP contribution in [0.15, 0.2) is 0 Å². The maximum absolute atomic E-state index is 9.56. The molecule has 0 heterocycles. The van der Waals surface area contributed by atoms with Crippen molar-refractivity contribution in [1.82, 2.24) is 4.90 Å². The van der Waals surface area contributed by atoms with Crippen molar-refractivity contribution < 1.29 is 13.0 Å². The van der Waals surface area contributed by atoms with Gasteiger partial charge in [0.25, 0.3) is 10.1 Å². The van der Waals surface area contributed by atoms with E-state index in [-0.39, 0.29) is 35.3 Å². The Hall–Kier alpha value is 0.870. The standard InChI is InChI=1S/C6H15N.C2H6O3S.Na.H/c1-4-7(5-2)6-3;1-2-6(3,4)5;;/h4-6H2,1-3H3;2H2,1H3,(H,3,4,5);;. The molecule has 0 spiro atoms. The van der Waals surface area contributed by atoms with Gasteiger partial charge in [0.05, 0.1) is 5.75 Å². The van der Waals surface area contributed by atoms with Gasteiger partial charge < -0.3 is 4.90 Å². The molecule has 14 heavy (non-hydrogen) atoms. The third kappa shape index (κ3) is 18.6. The zero-order valence-corrected chi connectivity index (χ0v) is 9.76. The summed E-state index contributed by atoms with van der Waals surface area (Å²) in [7, 11) is -3.66. The Morgan fingerprint density at radius 3 is 1.21 bits per heavy atom. The Morgan fingerprint density at radius 2 is 1.21 bits per heavy atom. The molecule has 0 saturated heterocycles. The average molecular weight is 235 g/mol. The van der Waals surface area contributed by atoms with Crippen molar-refractivity contribution >= 4 is 39.7 Å². The van der Waals surface area contributed by atoms with Gasteiger partial charge in [0.1, 0.15) is 0 Å². The van der Waals surface area contributed by atoms with Crippen molar-refractivity contribution in [3.05, 3.63) is 0 Å². The molecule has 0 aromatic rings. The van der Waals surface area contributed by atoms with E-state index in [2.05, 4.69) is 25.7 Å². The van der Waals surface area contributed by atoms with E-state index in [1.54, 1.807) is 0 Å². The first-order valence-corrected chi connectivity index (χ1v) is 6.19. The first-order chi connectivity index (χ1) is 5.91. The van der Waals surface area contributed by atoms with Gasteiger partial charge in [-0.3, -0.25) is 4.55 Å². The third-order valence-electron chi connectivity index (χ3n) is 1.71. The topological polar surface area (TPSA) is 57.6 Å². The van der Waals surface area contributed by atoms with Crippen LogP contribution in [0.5, 0.6) is 0 Å². The zero-order valence-electron chi connectivity index (χ0n) is 8.95. The summed E-state index contributed by atoms with van der Waals surface area (Å²) in [6.45, 7) is 11.5. The van der Waals surface area contributed by atoms with Crippen LogP contribution in [0.1, 0.15) is 27.7 Å². The molecule has 0 aliphatic heterocycles. The second kappa shape index (κ2) is 11.9. The van der Waals surface area contributed by atoms with Gasteiger partial charge in [0.2, 0.25) is 0 Å². The molecule has 0 atom stereocenters. The van der Waals surface area contributed by atoms with Gasteiger partial charge in [-0.1, -0.05) is 20.8 Å². The summed E-state index contributed by atoms with van der Waals surface area (Å²) in [6, 6.07) is 0. The fourth-order valence-electron chi connectivity index (χ4n) is 0.671. The van der Waals surface area contributed by atoms with Gasteiger partial charge in [0, 0.05) is 0 Å². The summed E-state index contributed by atoms with van der Waals surface area (Å²) >= 11 is 0. The summed E-state index contributed by atoms with van der Waals surface area (Å²) in [5, 5.41) is 0. The number of hydrogen-bond donors (Lipinski definition) is 1. The first-order valence-electron chi connectivity index (χ1n) is 4.58. The zero-order chi connectivity index (χ0) is 10.9. The summed E-state index contributed by atoms with van der Waals surface area (Å²) < 4.78 is 26.9. The van der Waals surface area contributed by atoms with Crippen LogP contribution in [-0.4, -0.2) is 72.8 Å². The molecule has 0 aromatic heterocycles. The molecule has 84 valence electrons. The van der Waals surface area contributed by atoms with Crippen LogP contribution in [-0.2, 0) is 10.1 Å². The van der Waals surface area contributed by atoms with Crippen LogP contribution in [0.2, 0.25) is 0 Å². The molecule has 4 nitrogen and oxygen atoms in total. The Labute approximate surface area is 110 Å². The van der Waals surface area contributed by atoms with E-state index in [0.717, 1.165) is 0 Å². The van der Waals surface area contributed by atoms with Crippen molar-refractivity contribution in [3.63, 3.8) is 0 Å². The molecule has 0 bridgehead atoms. The normalized spacial score (nSPS) is 10.1. The van der Waals surface area contributed by atoms with E-state index in [0.29, 0.717) is 0 Å². The van der Waals surface area contributed by atoms with Crippen molar-refractivity contribution in [2.75, 3.05) is 25.4 Å². The van der Waals surface area contributed by atoms with Gasteiger partial charge in [-0.15, -0.1) is 0 Å².